The van der Waals surface area contributed by atoms with Crippen LogP contribution in [-0.2, 0) is 23.6 Å². The Balaban J connectivity index is 1.20. The van der Waals surface area contributed by atoms with Gasteiger partial charge in [-0.3, -0.25) is 0 Å². The van der Waals surface area contributed by atoms with Crippen LogP contribution in [0.3, 0.4) is 0 Å². The number of allylic oxidation sites excluding steroid dienone is 4. The van der Waals surface area contributed by atoms with Gasteiger partial charge in [-0.2, -0.15) is 4.57 Å². The number of aryl methyl sites for hydroxylation is 1. The minimum absolute atomic E-state index is 0.198. The number of rotatable bonds is 10. The van der Waals surface area contributed by atoms with Gasteiger partial charge in [-0.15, -0.1) is 0 Å². The Labute approximate surface area is 347 Å². The first-order valence-electron chi connectivity index (χ1n) is 20.7. The van der Waals surface area contributed by atoms with Gasteiger partial charge in [0, 0.05) is 52.2 Å². The second-order valence-electron chi connectivity index (χ2n) is 16.6. The predicted octanol–water partition coefficient (Wildman–Crippen LogP) is 12.4. The third kappa shape index (κ3) is 5.66. The van der Waals surface area contributed by atoms with Crippen LogP contribution in [0.1, 0.15) is 62.8 Å². The zero-order valence-electron chi connectivity index (χ0n) is 33.6. The molecule has 0 N–H and O–H groups in total. The van der Waals surface area contributed by atoms with E-state index in [1.165, 1.54) is 100 Å². The van der Waals surface area contributed by atoms with Crippen LogP contribution in [0.4, 0.5) is 0 Å². The molecule has 6 aromatic carbocycles. The van der Waals surface area contributed by atoms with Gasteiger partial charge in [-0.05, 0) is 98.0 Å². The molecule has 2 heterocycles. The van der Waals surface area contributed by atoms with E-state index in [1.807, 2.05) is 12.2 Å². The first-order chi connectivity index (χ1) is 28.3. The fraction of sp³-hybridized carbons (Fsp3) is 0.167. The van der Waals surface area contributed by atoms with Crippen LogP contribution in [0.25, 0.3) is 55.1 Å². The van der Waals surface area contributed by atoms with E-state index in [0.29, 0.717) is 6.04 Å². The Morgan fingerprint density at radius 1 is 0.707 bits per heavy atom. The van der Waals surface area contributed by atoms with Gasteiger partial charge in [0.15, 0.2) is 12.2 Å². The van der Waals surface area contributed by atoms with Crippen LogP contribution in [-0.4, -0.2) is 4.57 Å². The highest BCUT2D eigenvalue weighted by Gasteiger charge is 2.38. The van der Waals surface area contributed by atoms with Crippen molar-refractivity contribution in [1.82, 2.24) is 4.57 Å². The van der Waals surface area contributed by atoms with Gasteiger partial charge in [-0.25, -0.2) is 0 Å². The molecule has 4 heteroatoms. The lowest BCUT2D eigenvalue weighted by Crippen LogP contribution is -2.35. The molecule has 8 aromatic rings. The molecule has 0 saturated heterocycles. The van der Waals surface area contributed by atoms with Crippen LogP contribution in [0.15, 0.2) is 177 Å². The van der Waals surface area contributed by atoms with Gasteiger partial charge < -0.3 is 4.57 Å². The van der Waals surface area contributed by atoms with Crippen molar-refractivity contribution >= 4 is 71.9 Å². The summed E-state index contributed by atoms with van der Waals surface area (Å²) in [6.07, 6.45) is 10.9. The van der Waals surface area contributed by atoms with E-state index in [-0.39, 0.29) is 5.41 Å². The molecule has 10 rings (SSSR count). The maximum absolute atomic E-state index is 7.19. The standard InChI is InChI=1S/C54H48N2PS/c1-6-17-36-26-29-43(32-46(36)52-30-37-18-12-13-19-38(37)35-55(52)39-27-28-39)57(58,41-21-10-9-11-22-41)42-23-16-20-40(31-42)56-51-25-15-14-24-45(51)48-33-47-44(7-2)49(8-3)54(4,5)50(47)34-53(48)56/h7-16,18-26,29-35,39H,2-3,6,17,27-28H2,1,4-5H3/q+1. The molecular formula is C54H48N2PS+. The minimum atomic E-state index is -2.56. The Kier molecular flexibility index (Phi) is 8.90. The van der Waals surface area contributed by atoms with Crippen LogP contribution < -0.4 is 20.5 Å². The van der Waals surface area contributed by atoms with Crippen molar-refractivity contribution in [3.05, 3.63) is 193 Å². The largest absolute Gasteiger partial charge is 0.309 e. The molecule has 2 aliphatic rings. The molecule has 2 aliphatic carbocycles. The van der Waals surface area contributed by atoms with Gasteiger partial charge in [0.2, 0.25) is 5.69 Å². The number of para-hydroxylation sites is 1. The van der Waals surface area contributed by atoms with E-state index < -0.39 is 6.04 Å². The summed E-state index contributed by atoms with van der Waals surface area (Å²) in [7, 11) is 0. The molecule has 1 fully saturated rings. The van der Waals surface area contributed by atoms with Crippen molar-refractivity contribution in [2.45, 2.75) is 57.9 Å². The molecule has 1 unspecified atom stereocenters. The van der Waals surface area contributed by atoms with E-state index in [2.05, 4.69) is 189 Å². The summed E-state index contributed by atoms with van der Waals surface area (Å²) < 4.78 is 5.01. The molecular weight excluding hydrogens is 740 g/mol. The summed E-state index contributed by atoms with van der Waals surface area (Å²) in [4.78, 5) is 0. The monoisotopic (exact) mass is 787 g/mol. The number of fused-ring (bicyclic) bond motifs is 5. The zero-order chi connectivity index (χ0) is 39.8. The molecule has 1 saturated carbocycles. The Morgan fingerprint density at radius 2 is 1.43 bits per heavy atom. The van der Waals surface area contributed by atoms with E-state index in [9.17, 15) is 0 Å². The van der Waals surface area contributed by atoms with Crippen LogP contribution in [0, 0.1) is 0 Å². The molecule has 58 heavy (non-hydrogen) atoms. The Hall–Kier alpha value is -5.60. The molecule has 0 bridgehead atoms. The van der Waals surface area contributed by atoms with Crippen molar-refractivity contribution in [3.63, 3.8) is 0 Å². The van der Waals surface area contributed by atoms with Gasteiger partial charge in [0.05, 0.1) is 16.6 Å². The smallest absolute Gasteiger partial charge is 0.213 e. The number of benzene rings is 6. The maximum atomic E-state index is 7.19. The summed E-state index contributed by atoms with van der Waals surface area (Å²) in [6.45, 7) is 15.3. The van der Waals surface area contributed by atoms with Crippen molar-refractivity contribution < 1.29 is 4.57 Å². The summed E-state index contributed by atoms with van der Waals surface area (Å²) in [6, 6.07) is 50.0. The average molecular weight is 788 g/mol. The Morgan fingerprint density at radius 3 is 2.19 bits per heavy atom. The number of aromatic nitrogens is 2. The highest BCUT2D eigenvalue weighted by molar-refractivity contribution is 8.25. The molecule has 2 aromatic heterocycles. The molecule has 2 nitrogen and oxygen atoms in total. The summed E-state index contributed by atoms with van der Waals surface area (Å²) in [5.74, 6) is 0. The van der Waals surface area contributed by atoms with Crippen LogP contribution in [0.5, 0.6) is 0 Å². The van der Waals surface area contributed by atoms with Crippen molar-refractivity contribution in [2.24, 2.45) is 0 Å². The van der Waals surface area contributed by atoms with E-state index in [4.69, 9.17) is 11.8 Å². The first kappa shape index (κ1) is 36.7. The number of hydrogen-bond donors (Lipinski definition) is 0. The molecule has 0 radical (unpaired) electrons. The second-order valence-corrected chi connectivity index (χ2v) is 21.0. The molecule has 0 aliphatic heterocycles. The zero-order valence-corrected chi connectivity index (χ0v) is 35.3. The highest BCUT2D eigenvalue weighted by atomic mass is 32.4. The van der Waals surface area contributed by atoms with Gasteiger partial charge >= 0.3 is 0 Å². The normalized spacial score (nSPS) is 15.8. The summed E-state index contributed by atoms with van der Waals surface area (Å²) in [5, 5.41) is 8.63. The van der Waals surface area contributed by atoms with Crippen molar-refractivity contribution in [2.75, 3.05) is 0 Å². The SMILES string of the molecule is C=CC1=C(C=C)C(C)(C)c2cc3c(cc21)c1ccccc1n3-c1cccc(P(=S)(c2ccccc2)c2ccc(CCC)c(-c3cc4ccccc4c[n+]3C3CC3)c2)c1. The third-order valence-corrected chi connectivity index (χ3v) is 17.7. The van der Waals surface area contributed by atoms with E-state index in [1.54, 1.807) is 0 Å². The van der Waals surface area contributed by atoms with Crippen molar-refractivity contribution in [1.29, 1.82) is 0 Å². The number of pyridine rings is 1. The summed E-state index contributed by atoms with van der Waals surface area (Å²) in [5.41, 5.74) is 12.2. The van der Waals surface area contributed by atoms with E-state index in [0.717, 1.165) is 18.5 Å². The molecule has 0 amide bonds. The molecule has 1 atom stereocenters. The fourth-order valence-corrected chi connectivity index (χ4v) is 13.5. The van der Waals surface area contributed by atoms with Crippen LogP contribution in [0.2, 0.25) is 0 Å². The Bertz CT molecular complexity index is 3070. The molecule has 284 valence electrons. The second kappa shape index (κ2) is 14.0. The van der Waals surface area contributed by atoms with Crippen LogP contribution >= 0.6 is 6.04 Å². The maximum Gasteiger partial charge on any atom is 0.213 e. The van der Waals surface area contributed by atoms with Gasteiger partial charge in [-0.1, -0.05) is 155 Å². The lowest BCUT2D eigenvalue weighted by Gasteiger charge is -2.26. The minimum Gasteiger partial charge on any atom is -0.309 e. The lowest BCUT2D eigenvalue weighted by atomic mass is 9.81. The van der Waals surface area contributed by atoms with Crippen molar-refractivity contribution in [3.8, 4) is 16.9 Å². The average Bonchev–Trinajstić information content (AvgIpc) is 4.02. The molecule has 0 spiro atoms. The van der Waals surface area contributed by atoms with E-state index >= 15 is 0 Å². The predicted molar refractivity (Wildman–Crippen MR) is 253 cm³/mol. The fourth-order valence-electron chi connectivity index (χ4n) is 9.72. The quantitative estimate of drug-likeness (QED) is 0.0990. The lowest BCUT2D eigenvalue weighted by molar-refractivity contribution is -0.688. The first-order valence-corrected chi connectivity index (χ1v) is 23.5. The van der Waals surface area contributed by atoms with Gasteiger partial charge in [0.1, 0.15) is 0 Å². The highest BCUT2D eigenvalue weighted by Crippen LogP contribution is 2.50. The topological polar surface area (TPSA) is 8.81 Å². The third-order valence-electron chi connectivity index (χ3n) is 12.8. The number of hydrogen-bond acceptors (Lipinski definition) is 1. The number of nitrogens with zero attached hydrogens (tertiary/aromatic N) is 2. The van der Waals surface area contributed by atoms with Gasteiger partial charge in [0.25, 0.3) is 0 Å². The summed E-state index contributed by atoms with van der Waals surface area (Å²) >= 11 is 7.19.